The van der Waals surface area contributed by atoms with Crippen LogP contribution in [-0.2, 0) is 13.2 Å². The number of hydrazone groups is 1. The molecule has 0 aliphatic carbocycles. The van der Waals surface area contributed by atoms with Gasteiger partial charge in [0.2, 0.25) is 0 Å². The van der Waals surface area contributed by atoms with E-state index < -0.39 is 5.91 Å². The second-order valence-corrected chi connectivity index (χ2v) is 9.49. The highest BCUT2D eigenvalue weighted by atomic mass is 35.5. The number of nitrogens with one attached hydrogen (secondary N) is 1. The van der Waals surface area contributed by atoms with Gasteiger partial charge in [-0.3, -0.25) is 4.79 Å². The maximum atomic E-state index is 12.8. The fourth-order valence-electron chi connectivity index (χ4n) is 3.56. The van der Waals surface area contributed by atoms with Crippen molar-refractivity contribution in [1.82, 2.24) is 5.43 Å². The van der Waals surface area contributed by atoms with Crippen LogP contribution in [0.2, 0.25) is 15.1 Å². The first-order valence-corrected chi connectivity index (χ1v) is 13.2. The summed E-state index contributed by atoms with van der Waals surface area (Å²) in [5, 5.41) is 5.77. The molecule has 4 aromatic carbocycles. The first-order valence-electron chi connectivity index (χ1n) is 12.1. The summed E-state index contributed by atoms with van der Waals surface area (Å²) in [5.74, 6) is 1.10. The minimum atomic E-state index is -0.422. The summed E-state index contributed by atoms with van der Waals surface area (Å²) < 4.78 is 17.6. The molecule has 0 unspecified atom stereocenters. The lowest BCUT2D eigenvalue weighted by atomic mass is 10.2. The van der Waals surface area contributed by atoms with Crippen LogP contribution in [-0.4, -0.2) is 18.7 Å². The summed E-state index contributed by atoms with van der Waals surface area (Å²) in [6, 6.07) is 24.9. The third-order valence-electron chi connectivity index (χ3n) is 5.52. The lowest BCUT2D eigenvalue weighted by Crippen LogP contribution is -2.18. The van der Waals surface area contributed by atoms with Gasteiger partial charge in [-0.15, -0.1) is 0 Å². The van der Waals surface area contributed by atoms with E-state index in [2.05, 4.69) is 10.5 Å². The van der Waals surface area contributed by atoms with Gasteiger partial charge in [0.25, 0.3) is 5.91 Å². The maximum absolute atomic E-state index is 12.8. The van der Waals surface area contributed by atoms with Gasteiger partial charge in [-0.05, 0) is 61.0 Å². The van der Waals surface area contributed by atoms with Crippen molar-refractivity contribution in [2.24, 2.45) is 5.10 Å². The van der Waals surface area contributed by atoms with Gasteiger partial charge in [0.05, 0.1) is 18.4 Å². The quantitative estimate of drug-likeness (QED) is 0.144. The number of ether oxygens (including phenoxy) is 3. The minimum Gasteiger partial charge on any atom is -0.490 e. The Bertz CT molecular complexity index is 1480. The van der Waals surface area contributed by atoms with Crippen molar-refractivity contribution in [3.8, 4) is 17.2 Å². The number of carbonyl (C=O) groups is 1. The van der Waals surface area contributed by atoms with Crippen LogP contribution >= 0.6 is 34.8 Å². The number of carbonyl (C=O) groups excluding carboxylic acids is 1. The number of hydrogen-bond donors (Lipinski definition) is 1. The second-order valence-electron chi connectivity index (χ2n) is 8.24. The molecule has 4 rings (SSSR count). The lowest BCUT2D eigenvalue weighted by Gasteiger charge is -2.13. The fraction of sp³-hybridized carbons (Fsp3) is 0.133. The number of para-hydroxylation sites is 1. The Morgan fingerprint density at radius 3 is 2.26 bits per heavy atom. The van der Waals surface area contributed by atoms with Gasteiger partial charge in [0.1, 0.15) is 19.0 Å². The zero-order valence-corrected chi connectivity index (χ0v) is 23.3. The maximum Gasteiger partial charge on any atom is 0.275 e. The molecule has 0 saturated heterocycles. The van der Waals surface area contributed by atoms with Gasteiger partial charge in [0.15, 0.2) is 11.5 Å². The fourth-order valence-corrected chi connectivity index (χ4v) is 4.22. The first-order chi connectivity index (χ1) is 18.9. The van der Waals surface area contributed by atoms with Gasteiger partial charge < -0.3 is 14.2 Å². The molecule has 0 aromatic heterocycles. The van der Waals surface area contributed by atoms with E-state index in [4.69, 9.17) is 49.0 Å². The Hall–Kier alpha value is -3.71. The zero-order valence-electron chi connectivity index (χ0n) is 21.0. The van der Waals surface area contributed by atoms with Crippen LogP contribution in [0.25, 0.3) is 0 Å². The SMILES string of the molecule is CCOc1cc(/C=N/NC(=O)c2ccccc2OCc2ccc(Cl)cc2Cl)ccc1OCc1ccccc1Cl. The third-order valence-corrected chi connectivity index (χ3v) is 6.47. The molecule has 9 heteroatoms. The van der Waals surface area contributed by atoms with Gasteiger partial charge in [-0.1, -0.05) is 71.2 Å². The summed E-state index contributed by atoms with van der Waals surface area (Å²) in [6.07, 6.45) is 1.52. The third kappa shape index (κ3) is 7.90. The molecule has 4 aromatic rings. The van der Waals surface area contributed by atoms with Crippen molar-refractivity contribution in [2.75, 3.05) is 6.61 Å². The molecule has 0 spiro atoms. The number of hydrogen-bond acceptors (Lipinski definition) is 5. The predicted molar refractivity (Wildman–Crippen MR) is 156 cm³/mol. The van der Waals surface area contributed by atoms with E-state index in [-0.39, 0.29) is 6.61 Å². The van der Waals surface area contributed by atoms with Crippen LogP contribution in [0.1, 0.15) is 34.0 Å². The van der Waals surface area contributed by atoms with Crippen LogP contribution in [0.4, 0.5) is 0 Å². The van der Waals surface area contributed by atoms with Gasteiger partial charge >= 0.3 is 0 Å². The molecule has 200 valence electrons. The zero-order chi connectivity index (χ0) is 27.6. The number of rotatable bonds is 11. The Kier molecular flexibility index (Phi) is 10.1. The largest absolute Gasteiger partial charge is 0.490 e. The molecule has 0 heterocycles. The Balaban J connectivity index is 1.40. The molecular weight excluding hydrogens is 559 g/mol. The highest BCUT2D eigenvalue weighted by Crippen LogP contribution is 2.30. The molecule has 39 heavy (non-hydrogen) atoms. The average Bonchev–Trinajstić information content (AvgIpc) is 2.93. The van der Waals surface area contributed by atoms with Crippen molar-refractivity contribution in [1.29, 1.82) is 0 Å². The number of amides is 1. The molecule has 0 saturated carbocycles. The van der Waals surface area contributed by atoms with E-state index in [9.17, 15) is 4.79 Å². The Morgan fingerprint density at radius 1 is 0.769 bits per heavy atom. The van der Waals surface area contributed by atoms with Crippen LogP contribution in [0.15, 0.2) is 90.0 Å². The van der Waals surface area contributed by atoms with E-state index >= 15 is 0 Å². The number of nitrogens with zero attached hydrogens (tertiary/aromatic N) is 1. The summed E-state index contributed by atoms with van der Waals surface area (Å²) in [7, 11) is 0. The monoisotopic (exact) mass is 582 g/mol. The summed E-state index contributed by atoms with van der Waals surface area (Å²) in [5.41, 5.74) is 5.21. The Morgan fingerprint density at radius 2 is 1.49 bits per heavy atom. The highest BCUT2D eigenvalue weighted by Gasteiger charge is 2.13. The van der Waals surface area contributed by atoms with E-state index in [1.54, 1.807) is 54.6 Å². The van der Waals surface area contributed by atoms with E-state index in [1.165, 1.54) is 6.21 Å². The van der Waals surface area contributed by atoms with Crippen LogP contribution in [0.5, 0.6) is 17.2 Å². The first kappa shape index (κ1) is 28.3. The predicted octanol–water partition coefficient (Wildman–Crippen LogP) is 7.97. The van der Waals surface area contributed by atoms with Crippen molar-refractivity contribution in [3.05, 3.63) is 122 Å². The van der Waals surface area contributed by atoms with Crippen molar-refractivity contribution in [2.45, 2.75) is 20.1 Å². The standard InChI is InChI=1S/C30H25Cl3N2O4/c1-2-37-29-15-20(11-14-28(29)39-18-21-7-3-5-9-25(21)32)17-34-35-30(36)24-8-4-6-10-27(24)38-19-22-12-13-23(31)16-26(22)33/h3-17H,2,18-19H2,1H3,(H,35,36)/b34-17+. The normalized spacial score (nSPS) is 10.9. The number of benzene rings is 4. The smallest absolute Gasteiger partial charge is 0.275 e. The molecule has 0 aliphatic rings. The topological polar surface area (TPSA) is 69.2 Å². The van der Waals surface area contributed by atoms with E-state index in [0.717, 1.165) is 11.1 Å². The molecule has 1 N–H and O–H groups in total. The molecular formula is C30H25Cl3N2O4. The molecule has 6 nitrogen and oxygen atoms in total. The molecule has 0 radical (unpaired) electrons. The summed E-state index contributed by atoms with van der Waals surface area (Å²) >= 11 is 18.4. The van der Waals surface area contributed by atoms with Crippen LogP contribution in [0, 0.1) is 0 Å². The van der Waals surface area contributed by atoms with E-state index in [1.807, 2.05) is 37.3 Å². The van der Waals surface area contributed by atoms with Crippen molar-refractivity contribution in [3.63, 3.8) is 0 Å². The molecule has 0 fully saturated rings. The van der Waals surface area contributed by atoms with Gasteiger partial charge in [0, 0.05) is 26.2 Å². The molecule has 0 atom stereocenters. The van der Waals surface area contributed by atoms with Crippen molar-refractivity contribution >= 4 is 46.9 Å². The van der Waals surface area contributed by atoms with E-state index in [0.29, 0.717) is 56.7 Å². The average molecular weight is 584 g/mol. The summed E-state index contributed by atoms with van der Waals surface area (Å²) in [4.78, 5) is 12.8. The summed E-state index contributed by atoms with van der Waals surface area (Å²) in [6.45, 7) is 2.82. The van der Waals surface area contributed by atoms with Gasteiger partial charge in [-0.2, -0.15) is 5.10 Å². The second kappa shape index (κ2) is 13.9. The lowest BCUT2D eigenvalue weighted by molar-refractivity contribution is 0.0950. The van der Waals surface area contributed by atoms with Crippen LogP contribution < -0.4 is 19.6 Å². The molecule has 1 amide bonds. The van der Waals surface area contributed by atoms with Gasteiger partial charge in [-0.25, -0.2) is 5.43 Å². The number of halogens is 3. The van der Waals surface area contributed by atoms with Crippen molar-refractivity contribution < 1.29 is 19.0 Å². The van der Waals surface area contributed by atoms with Crippen LogP contribution in [0.3, 0.4) is 0 Å². The molecule has 0 bridgehead atoms. The highest BCUT2D eigenvalue weighted by molar-refractivity contribution is 6.35. The minimum absolute atomic E-state index is 0.175. The molecule has 0 aliphatic heterocycles. The Labute approximate surface area is 242 Å².